The molecule has 18 heavy (non-hydrogen) atoms. The van der Waals surface area contributed by atoms with E-state index in [0.29, 0.717) is 0 Å². The second-order valence-corrected chi connectivity index (χ2v) is 8.41. The molecule has 3 heteroatoms. The first-order valence-corrected chi connectivity index (χ1v) is 8.70. The fraction of sp³-hybridized carbons (Fsp3) is 0. The third-order valence-electron chi connectivity index (χ3n) is 2.48. The molecule has 0 saturated carbocycles. The molecule has 0 saturated heterocycles. The molecule has 0 heterocycles. The van der Waals surface area contributed by atoms with Crippen LogP contribution in [0.15, 0.2) is 78.4 Å². The Balaban J connectivity index is 2.55. The van der Waals surface area contributed by atoms with Crippen LogP contribution in [0.25, 0.3) is 0 Å². The van der Waals surface area contributed by atoms with Gasteiger partial charge in [-0.25, -0.2) is 0 Å². The van der Waals surface area contributed by atoms with Gasteiger partial charge in [-0.15, -0.1) is 5.73 Å². The molecule has 0 radical (unpaired) electrons. The predicted molar refractivity (Wildman–Crippen MR) is 81.1 cm³/mol. The maximum Gasteiger partial charge on any atom is 0.199 e. The average molecular weight is 272 g/mol. The quantitative estimate of drug-likeness (QED) is 0.619. The molecule has 0 aliphatic carbocycles. The first-order chi connectivity index (χ1) is 8.77. The van der Waals surface area contributed by atoms with Gasteiger partial charge in [-0.2, -0.15) is 0 Å². The lowest BCUT2D eigenvalue weighted by Gasteiger charge is -2.16. The van der Waals surface area contributed by atoms with Crippen LogP contribution in [0.2, 0.25) is 0 Å². The van der Waals surface area contributed by atoms with Crippen molar-refractivity contribution in [2.24, 2.45) is 0 Å². The molecule has 0 N–H and O–H groups in total. The van der Waals surface area contributed by atoms with Crippen LogP contribution in [0.1, 0.15) is 0 Å². The van der Waals surface area contributed by atoms with Gasteiger partial charge in [0.2, 0.25) is 0 Å². The summed E-state index contributed by atoms with van der Waals surface area (Å²) in [5, 5.41) is 3.35. The zero-order chi connectivity index (χ0) is 12.8. The Bertz CT molecular complexity index is 557. The van der Waals surface area contributed by atoms with Crippen molar-refractivity contribution >= 4 is 28.3 Å². The van der Waals surface area contributed by atoms with Crippen LogP contribution in [-0.2, 0) is 4.57 Å². The highest BCUT2D eigenvalue weighted by Crippen LogP contribution is 2.56. The number of hydrogen-bond acceptors (Lipinski definition) is 2. The standard InChI is InChI=1S/C15H13OPS/c1-2-13-18-17(16,14-9-5-3-6-10-14)15-11-7-4-8-12-15/h3-13H,1H2. The Morgan fingerprint density at radius 3 is 1.78 bits per heavy atom. The molecule has 0 spiro atoms. The van der Waals surface area contributed by atoms with Crippen LogP contribution in [0.5, 0.6) is 0 Å². The summed E-state index contributed by atoms with van der Waals surface area (Å²) in [6.07, 6.45) is -2.68. The molecule has 0 bridgehead atoms. The lowest BCUT2D eigenvalue weighted by Crippen LogP contribution is -2.12. The zero-order valence-corrected chi connectivity index (χ0v) is 11.5. The maximum atomic E-state index is 13.2. The van der Waals surface area contributed by atoms with Gasteiger partial charge in [-0.1, -0.05) is 78.6 Å². The van der Waals surface area contributed by atoms with E-state index in [1.165, 1.54) is 11.4 Å². The van der Waals surface area contributed by atoms with Gasteiger partial charge in [0.05, 0.1) is 0 Å². The SMILES string of the molecule is C=C=CSP(=O)(c1ccccc1)c1ccccc1. The van der Waals surface area contributed by atoms with E-state index in [-0.39, 0.29) is 0 Å². The molecule has 0 atom stereocenters. The van der Waals surface area contributed by atoms with E-state index in [1.807, 2.05) is 60.7 Å². The van der Waals surface area contributed by atoms with E-state index in [9.17, 15) is 4.57 Å². The van der Waals surface area contributed by atoms with Crippen molar-refractivity contribution in [2.45, 2.75) is 0 Å². The topological polar surface area (TPSA) is 17.1 Å². The zero-order valence-electron chi connectivity index (χ0n) is 9.82. The van der Waals surface area contributed by atoms with E-state index in [0.717, 1.165) is 10.6 Å². The van der Waals surface area contributed by atoms with Gasteiger partial charge in [0.1, 0.15) is 0 Å². The van der Waals surface area contributed by atoms with Gasteiger partial charge < -0.3 is 4.57 Å². The van der Waals surface area contributed by atoms with Gasteiger partial charge in [0.25, 0.3) is 0 Å². The van der Waals surface area contributed by atoms with Crippen molar-refractivity contribution < 1.29 is 4.57 Å². The molecule has 90 valence electrons. The minimum Gasteiger partial charge on any atom is -0.302 e. The van der Waals surface area contributed by atoms with Crippen molar-refractivity contribution in [3.05, 3.63) is 78.4 Å². The lowest BCUT2D eigenvalue weighted by molar-refractivity contribution is 0.595. The van der Waals surface area contributed by atoms with E-state index in [4.69, 9.17) is 0 Å². The van der Waals surface area contributed by atoms with E-state index < -0.39 is 6.34 Å². The van der Waals surface area contributed by atoms with E-state index in [1.54, 1.807) is 5.41 Å². The molecule has 0 aromatic heterocycles. The summed E-state index contributed by atoms with van der Waals surface area (Å²) in [6.45, 7) is 3.53. The normalized spacial score (nSPS) is 10.7. The summed E-state index contributed by atoms with van der Waals surface area (Å²) < 4.78 is 13.2. The highest BCUT2D eigenvalue weighted by atomic mass is 32.7. The van der Waals surface area contributed by atoms with E-state index >= 15 is 0 Å². The van der Waals surface area contributed by atoms with Crippen molar-refractivity contribution in [2.75, 3.05) is 0 Å². The highest BCUT2D eigenvalue weighted by molar-refractivity contribution is 8.63. The van der Waals surface area contributed by atoms with Gasteiger partial charge in [0, 0.05) is 16.0 Å². The van der Waals surface area contributed by atoms with Gasteiger partial charge in [-0.05, 0) is 0 Å². The van der Waals surface area contributed by atoms with Crippen LogP contribution in [0.4, 0.5) is 0 Å². The van der Waals surface area contributed by atoms with Crippen molar-refractivity contribution in [1.29, 1.82) is 0 Å². The first-order valence-electron chi connectivity index (χ1n) is 5.51. The average Bonchev–Trinajstić information content (AvgIpc) is 2.46. The molecule has 2 rings (SSSR count). The number of benzene rings is 2. The molecule has 0 aliphatic heterocycles. The Hall–Kier alpha value is -1.46. The minimum absolute atomic E-state index is 0.840. The van der Waals surface area contributed by atoms with Crippen LogP contribution in [0, 0.1) is 0 Å². The Morgan fingerprint density at radius 1 is 0.944 bits per heavy atom. The molecule has 2 aromatic rings. The van der Waals surface area contributed by atoms with Crippen LogP contribution >= 0.6 is 17.7 Å². The van der Waals surface area contributed by atoms with Crippen molar-refractivity contribution in [3.63, 3.8) is 0 Å². The summed E-state index contributed by atoms with van der Waals surface area (Å²) >= 11 is 1.29. The Labute approximate surface area is 111 Å². The number of hydrogen-bond donors (Lipinski definition) is 0. The van der Waals surface area contributed by atoms with E-state index in [2.05, 4.69) is 12.3 Å². The molecule has 0 unspecified atom stereocenters. The highest BCUT2D eigenvalue weighted by Gasteiger charge is 2.26. The smallest absolute Gasteiger partial charge is 0.199 e. The molecule has 0 amide bonds. The molecule has 2 aromatic carbocycles. The fourth-order valence-corrected chi connectivity index (χ4v) is 5.65. The minimum atomic E-state index is -2.68. The maximum absolute atomic E-state index is 13.2. The molecule has 1 nitrogen and oxygen atoms in total. The monoisotopic (exact) mass is 272 g/mol. The summed E-state index contributed by atoms with van der Waals surface area (Å²) in [4.78, 5) is 0. The Kier molecular flexibility index (Phi) is 4.28. The molecular weight excluding hydrogens is 259 g/mol. The fourth-order valence-electron chi connectivity index (χ4n) is 1.63. The predicted octanol–water partition coefficient (Wildman–Crippen LogP) is 3.95. The lowest BCUT2D eigenvalue weighted by atomic mass is 10.4. The third kappa shape index (κ3) is 2.68. The van der Waals surface area contributed by atoms with Crippen molar-refractivity contribution in [3.8, 4) is 0 Å². The van der Waals surface area contributed by atoms with Crippen molar-refractivity contribution in [1.82, 2.24) is 0 Å². The second-order valence-electron chi connectivity index (χ2n) is 3.65. The van der Waals surface area contributed by atoms with Crippen LogP contribution in [-0.4, -0.2) is 0 Å². The van der Waals surface area contributed by atoms with Gasteiger partial charge >= 0.3 is 0 Å². The first kappa shape index (κ1) is 13.0. The van der Waals surface area contributed by atoms with Gasteiger partial charge in [-0.3, -0.25) is 0 Å². The third-order valence-corrected chi connectivity index (χ3v) is 7.47. The summed E-state index contributed by atoms with van der Waals surface area (Å²) in [7, 11) is 0. The molecule has 0 aliphatic rings. The molecule has 0 fully saturated rings. The summed E-state index contributed by atoms with van der Waals surface area (Å²) in [5.41, 5.74) is 2.68. The number of rotatable bonds is 4. The summed E-state index contributed by atoms with van der Waals surface area (Å²) in [5.74, 6) is 0. The Morgan fingerprint density at radius 2 is 1.39 bits per heavy atom. The van der Waals surface area contributed by atoms with Crippen LogP contribution < -0.4 is 10.6 Å². The molecular formula is C15H13OPS. The van der Waals surface area contributed by atoms with Gasteiger partial charge in [0.15, 0.2) is 6.34 Å². The van der Waals surface area contributed by atoms with Crippen LogP contribution in [0.3, 0.4) is 0 Å². The summed E-state index contributed by atoms with van der Waals surface area (Å²) in [6, 6.07) is 19.1. The largest absolute Gasteiger partial charge is 0.302 e. The second kappa shape index (κ2) is 5.93.